The third-order valence-electron chi connectivity index (χ3n) is 4.32. The van der Waals surface area contributed by atoms with Gasteiger partial charge in [-0.3, -0.25) is 4.79 Å². The standard InChI is InChI=1S/C17H33NO5.Na/c1-2-3-4-5-6-7-12-18(15-19,13-8-10-16(20)21)14-9-11-17(22)23;/h19H,2-15H2,1H3,(H-,20,21,22,23);/q;+1. The van der Waals surface area contributed by atoms with Gasteiger partial charge in [0, 0.05) is 18.8 Å². The molecule has 0 bridgehead atoms. The fourth-order valence-electron chi connectivity index (χ4n) is 2.90. The maximum Gasteiger partial charge on any atom is 1.00 e. The van der Waals surface area contributed by atoms with Crippen LogP contribution >= 0.6 is 0 Å². The molecule has 0 aromatic rings. The van der Waals surface area contributed by atoms with E-state index in [-0.39, 0.29) is 49.1 Å². The maximum absolute atomic E-state index is 10.7. The van der Waals surface area contributed by atoms with E-state index in [1.807, 2.05) is 0 Å². The minimum atomic E-state index is -1.08. The van der Waals surface area contributed by atoms with Crippen LogP contribution in [0.15, 0.2) is 0 Å². The normalized spacial score (nSPS) is 13.1. The van der Waals surface area contributed by atoms with Gasteiger partial charge in [-0.1, -0.05) is 32.6 Å². The zero-order valence-corrected chi connectivity index (χ0v) is 17.5. The van der Waals surface area contributed by atoms with Crippen LogP contribution in [0.3, 0.4) is 0 Å². The van der Waals surface area contributed by atoms with Crippen molar-refractivity contribution >= 4 is 11.9 Å². The number of unbranched alkanes of at least 4 members (excludes halogenated alkanes) is 5. The van der Waals surface area contributed by atoms with Crippen LogP contribution < -0.4 is 34.7 Å². The van der Waals surface area contributed by atoms with Gasteiger partial charge in [0.05, 0.1) is 26.1 Å². The van der Waals surface area contributed by atoms with Gasteiger partial charge >= 0.3 is 35.5 Å². The smallest absolute Gasteiger partial charge is 0.550 e. The Bertz CT molecular complexity index is 319. The average Bonchev–Trinajstić information content (AvgIpc) is 2.49. The molecule has 0 amide bonds. The zero-order chi connectivity index (χ0) is 17.6. The van der Waals surface area contributed by atoms with Crippen LogP contribution in [-0.4, -0.2) is 53.0 Å². The number of rotatable bonds is 16. The molecular formula is C17H33NNaO5+. The van der Waals surface area contributed by atoms with Crippen molar-refractivity contribution in [3.05, 3.63) is 0 Å². The van der Waals surface area contributed by atoms with Crippen LogP contribution in [0.4, 0.5) is 0 Å². The van der Waals surface area contributed by atoms with E-state index in [4.69, 9.17) is 5.11 Å². The van der Waals surface area contributed by atoms with Crippen molar-refractivity contribution in [1.82, 2.24) is 0 Å². The second-order valence-electron chi connectivity index (χ2n) is 6.39. The van der Waals surface area contributed by atoms with Gasteiger partial charge in [-0.05, 0) is 19.3 Å². The first kappa shape index (κ1) is 26.1. The molecule has 2 N–H and O–H groups in total. The molecular weight excluding hydrogens is 321 g/mol. The van der Waals surface area contributed by atoms with Crippen molar-refractivity contribution < 1.29 is 58.9 Å². The summed E-state index contributed by atoms with van der Waals surface area (Å²) in [5.41, 5.74) is 0. The topological polar surface area (TPSA) is 97.7 Å². The van der Waals surface area contributed by atoms with Gasteiger partial charge < -0.3 is 24.6 Å². The molecule has 0 rings (SSSR count). The Kier molecular flexibility index (Phi) is 17.8. The number of aliphatic hydroxyl groups is 1. The van der Waals surface area contributed by atoms with Crippen molar-refractivity contribution in [2.45, 2.75) is 71.1 Å². The number of hydrogen-bond acceptors (Lipinski definition) is 4. The molecule has 0 spiro atoms. The summed E-state index contributed by atoms with van der Waals surface area (Å²) in [6, 6.07) is 0. The van der Waals surface area contributed by atoms with E-state index in [1.54, 1.807) is 0 Å². The fraction of sp³-hybridized carbons (Fsp3) is 0.882. The summed E-state index contributed by atoms with van der Waals surface area (Å²) in [5, 5.41) is 29.2. The van der Waals surface area contributed by atoms with Crippen LogP contribution in [0, 0.1) is 0 Å². The Hall–Kier alpha value is -0.140. The number of carbonyl (C=O) groups is 2. The van der Waals surface area contributed by atoms with Crippen LogP contribution in [0.25, 0.3) is 0 Å². The van der Waals surface area contributed by atoms with E-state index in [9.17, 15) is 19.8 Å². The number of carbonyl (C=O) groups excluding carboxylic acids is 1. The molecule has 7 heteroatoms. The van der Waals surface area contributed by atoms with Crippen molar-refractivity contribution in [2.24, 2.45) is 0 Å². The van der Waals surface area contributed by atoms with E-state index in [1.165, 1.54) is 25.7 Å². The molecule has 0 fully saturated rings. The minimum absolute atomic E-state index is 0. The molecule has 0 radical (unpaired) electrons. The van der Waals surface area contributed by atoms with Crippen LogP contribution in [0.2, 0.25) is 0 Å². The zero-order valence-electron chi connectivity index (χ0n) is 15.5. The minimum Gasteiger partial charge on any atom is -0.550 e. The first-order valence-electron chi connectivity index (χ1n) is 8.83. The van der Waals surface area contributed by atoms with Crippen LogP contribution in [0.1, 0.15) is 71.1 Å². The largest absolute Gasteiger partial charge is 1.00 e. The molecule has 0 saturated heterocycles. The summed E-state index contributed by atoms with van der Waals surface area (Å²) in [7, 11) is 0. The van der Waals surface area contributed by atoms with Gasteiger partial charge in [0.1, 0.15) is 0 Å². The number of carboxylic acid groups (broad SMARTS) is 2. The number of carboxylic acids is 2. The predicted octanol–water partition coefficient (Wildman–Crippen LogP) is -1.49. The van der Waals surface area contributed by atoms with Crippen molar-refractivity contribution in [3.63, 3.8) is 0 Å². The van der Waals surface area contributed by atoms with Gasteiger partial charge in [0.25, 0.3) is 0 Å². The van der Waals surface area contributed by atoms with Crippen LogP contribution in [0.5, 0.6) is 0 Å². The number of nitrogens with zero attached hydrogens (tertiary/aromatic N) is 1. The summed E-state index contributed by atoms with van der Waals surface area (Å²) in [4.78, 5) is 21.3. The first-order valence-corrected chi connectivity index (χ1v) is 8.83. The molecule has 0 aliphatic heterocycles. The fourth-order valence-corrected chi connectivity index (χ4v) is 2.90. The molecule has 136 valence electrons. The Morgan fingerprint density at radius 1 is 0.875 bits per heavy atom. The number of quaternary nitrogens is 1. The first-order chi connectivity index (χ1) is 11.0. The van der Waals surface area contributed by atoms with Gasteiger partial charge in [-0.25, -0.2) is 0 Å². The molecule has 0 heterocycles. The molecule has 0 saturated carbocycles. The summed E-state index contributed by atoms with van der Waals surface area (Å²) in [5.74, 6) is -1.92. The second-order valence-corrected chi connectivity index (χ2v) is 6.39. The van der Waals surface area contributed by atoms with E-state index in [0.29, 0.717) is 30.4 Å². The SMILES string of the molecule is CCCCCCCC[N+](CO)(CCCC(=O)[O-])CCCC(=O)O.[Na+]. The molecule has 24 heavy (non-hydrogen) atoms. The molecule has 1 unspecified atom stereocenters. The summed E-state index contributed by atoms with van der Waals surface area (Å²) in [6.07, 6.45) is 7.92. The summed E-state index contributed by atoms with van der Waals surface area (Å²) in [6.45, 7) is 4.01. The van der Waals surface area contributed by atoms with Crippen molar-refractivity contribution in [1.29, 1.82) is 0 Å². The Labute approximate surface area is 168 Å². The van der Waals surface area contributed by atoms with Gasteiger partial charge in [0.2, 0.25) is 0 Å². The van der Waals surface area contributed by atoms with Gasteiger partial charge in [-0.2, -0.15) is 0 Å². The third-order valence-corrected chi connectivity index (χ3v) is 4.32. The van der Waals surface area contributed by atoms with Gasteiger partial charge in [0.15, 0.2) is 6.73 Å². The van der Waals surface area contributed by atoms with E-state index >= 15 is 0 Å². The molecule has 0 aromatic carbocycles. The Balaban J connectivity index is 0. The molecule has 0 aromatic heterocycles. The predicted molar refractivity (Wildman–Crippen MR) is 86.4 cm³/mol. The van der Waals surface area contributed by atoms with Crippen molar-refractivity contribution in [3.8, 4) is 0 Å². The van der Waals surface area contributed by atoms with E-state index in [2.05, 4.69) is 6.92 Å². The second kappa shape index (κ2) is 16.3. The molecule has 1 atom stereocenters. The van der Waals surface area contributed by atoms with Gasteiger partial charge in [-0.15, -0.1) is 0 Å². The van der Waals surface area contributed by atoms with Crippen LogP contribution in [-0.2, 0) is 9.59 Å². The summed E-state index contributed by atoms with van der Waals surface area (Å²) < 4.78 is 0.397. The third kappa shape index (κ3) is 14.2. The monoisotopic (exact) mass is 354 g/mol. The Morgan fingerprint density at radius 3 is 1.88 bits per heavy atom. The molecule has 0 aliphatic rings. The summed E-state index contributed by atoms with van der Waals surface area (Å²) >= 11 is 0. The number of aliphatic carboxylic acids is 2. The molecule has 0 aliphatic carbocycles. The number of hydrogen-bond donors (Lipinski definition) is 2. The van der Waals surface area contributed by atoms with Crippen molar-refractivity contribution in [2.75, 3.05) is 26.4 Å². The average molecular weight is 354 g/mol. The molecule has 6 nitrogen and oxygen atoms in total. The maximum atomic E-state index is 10.7. The Morgan fingerprint density at radius 2 is 1.38 bits per heavy atom. The quantitative estimate of drug-likeness (QED) is 0.152. The van der Waals surface area contributed by atoms with E-state index in [0.717, 1.165) is 19.4 Å². The van der Waals surface area contributed by atoms with E-state index < -0.39 is 11.9 Å². The number of aliphatic hydroxyl groups excluding tert-OH is 1.